The van der Waals surface area contributed by atoms with Crippen LogP contribution in [0.5, 0.6) is 5.75 Å². The summed E-state index contributed by atoms with van der Waals surface area (Å²) in [5, 5.41) is 0.305. The number of hydrogen-bond donors (Lipinski definition) is 1. The fourth-order valence-electron chi connectivity index (χ4n) is 0.859. The molecule has 0 aliphatic heterocycles. The fraction of sp³-hybridized carbons (Fsp3) is 0.333. The minimum Gasteiger partial charge on any atom is -0.489 e. The molecule has 0 N–H and O–H groups in total. The smallest absolute Gasteiger partial charge is 0.173 e. The van der Waals surface area contributed by atoms with Crippen molar-refractivity contribution in [1.82, 2.24) is 0 Å². The van der Waals surface area contributed by atoms with Crippen molar-refractivity contribution >= 4 is 24.2 Å². The van der Waals surface area contributed by atoms with Crippen LogP contribution in [-0.2, 0) is 0 Å². The molecule has 72 valence electrons. The fourth-order valence-corrected chi connectivity index (χ4v) is 1.21. The summed E-state index contributed by atoms with van der Waals surface area (Å²) in [7, 11) is 0. The largest absolute Gasteiger partial charge is 0.489 e. The SMILES string of the molecule is Fc1cccc(Cl)c1OCCCS. The molecule has 0 fully saturated rings. The first kappa shape index (κ1) is 10.7. The monoisotopic (exact) mass is 220 g/mol. The summed E-state index contributed by atoms with van der Waals surface area (Å²) in [4.78, 5) is 0. The maximum absolute atomic E-state index is 13.0. The highest BCUT2D eigenvalue weighted by molar-refractivity contribution is 7.80. The second kappa shape index (κ2) is 5.35. The Kier molecular flexibility index (Phi) is 4.39. The molecule has 0 heterocycles. The van der Waals surface area contributed by atoms with Crippen molar-refractivity contribution < 1.29 is 9.13 Å². The van der Waals surface area contributed by atoms with Gasteiger partial charge in [0.25, 0.3) is 0 Å². The van der Waals surface area contributed by atoms with Gasteiger partial charge in [0.05, 0.1) is 11.6 Å². The van der Waals surface area contributed by atoms with E-state index >= 15 is 0 Å². The van der Waals surface area contributed by atoms with E-state index in [-0.39, 0.29) is 5.75 Å². The Labute approximate surface area is 87.3 Å². The van der Waals surface area contributed by atoms with E-state index < -0.39 is 5.82 Å². The van der Waals surface area contributed by atoms with Crippen LogP contribution < -0.4 is 4.74 Å². The van der Waals surface area contributed by atoms with Crippen LogP contribution in [0.1, 0.15) is 6.42 Å². The van der Waals surface area contributed by atoms with E-state index in [0.29, 0.717) is 17.4 Å². The van der Waals surface area contributed by atoms with Gasteiger partial charge < -0.3 is 4.74 Å². The zero-order valence-electron chi connectivity index (χ0n) is 6.96. The van der Waals surface area contributed by atoms with E-state index in [2.05, 4.69) is 12.6 Å². The van der Waals surface area contributed by atoms with E-state index in [0.717, 1.165) is 6.42 Å². The molecule has 0 spiro atoms. The summed E-state index contributed by atoms with van der Waals surface area (Å²) in [6.45, 7) is 0.435. The maximum Gasteiger partial charge on any atom is 0.173 e. The van der Waals surface area contributed by atoms with E-state index in [9.17, 15) is 4.39 Å². The molecule has 1 aromatic rings. The number of hydrogen-bond acceptors (Lipinski definition) is 2. The Hall–Kier alpha value is -0.410. The maximum atomic E-state index is 13.0. The molecule has 0 atom stereocenters. The molecular weight excluding hydrogens is 211 g/mol. The van der Waals surface area contributed by atoms with Crippen LogP contribution in [0.3, 0.4) is 0 Å². The quantitative estimate of drug-likeness (QED) is 0.606. The highest BCUT2D eigenvalue weighted by atomic mass is 35.5. The molecule has 0 saturated carbocycles. The van der Waals surface area contributed by atoms with Gasteiger partial charge in [-0.1, -0.05) is 17.7 Å². The standard InChI is InChI=1S/C9H10ClFOS/c10-7-3-1-4-8(11)9(7)12-5-2-6-13/h1,3-4,13H,2,5-6H2. The molecule has 1 aromatic carbocycles. The van der Waals surface area contributed by atoms with Crippen molar-refractivity contribution in [3.63, 3.8) is 0 Å². The Balaban J connectivity index is 2.64. The van der Waals surface area contributed by atoms with Crippen LogP contribution in [0, 0.1) is 5.82 Å². The minimum atomic E-state index is -0.424. The summed E-state index contributed by atoms with van der Waals surface area (Å²) in [6.07, 6.45) is 0.772. The molecule has 1 rings (SSSR count). The van der Waals surface area contributed by atoms with Crippen LogP contribution in [-0.4, -0.2) is 12.4 Å². The van der Waals surface area contributed by atoms with E-state index in [1.54, 1.807) is 12.1 Å². The molecule has 0 aliphatic rings. The average molecular weight is 221 g/mol. The van der Waals surface area contributed by atoms with Gasteiger partial charge in [0.2, 0.25) is 0 Å². The molecule has 0 saturated heterocycles. The van der Waals surface area contributed by atoms with Gasteiger partial charge in [-0.3, -0.25) is 0 Å². The van der Waals surface area contributed by atoms with Crippen molar-refractivity contribution in [2.24, 2.45) is 0 Å². The first-order valence-corrected chi connectivity index (χ1v) is 4.94. The van der Waals surface area contributed by atoms with Crippen LogP contribution in [0.4, 0.5) is 4.39 Å². The zero-order chi connectivity index (χ0) is 9.68. The number of halogens is 2. The molecule has 1 nitrogen and oxygen atoms in total. The van der Waals surface area contributed by atoms with Crippen molar-refractivity contribution in [3.8, 4) is 5.75 Å². The van der Waals surface area contributed by atoms with Gasteiger partial charge in [-0.2, -0.15) is 12.6 Å². The number of rotatable bonds is 4. The predicted octanol–water partition coefficient (Wildman–Crippen LogP) is 3.18. The topological polar surface area (TPSA) is 9.23 Å². The molecule has 4 heteroatoms. The lowest BCUT2D eigenvalue weighted by molar-refractivity contribution is 0.303. The van der Waals surface area contributed by atoms with Gasteiger partial charge in [-0.05, 0) is 24.3 Å². The average Bonchev–Trinajstić information content (AvgIpc) is 2.10. The summed E-state index contributed by atoms with van der Waals surface area (Å²) in [5.41, 5.74) is 0. The van der Waals surface area contributed by atoms with E-state index in [1.165, 1.54) is 6.07 Å². The second-order valence-electron chi connectivity index (χ2n) is 2.48. The third-order valence-electron chi connectivity index (χ3n) is 1.47. The first-order valence-electron chi connectivity index (χ1n) is 3.93. The number of para-hydroxylation sites is 1. The van der Waals surface area contributed by atoms with Gasteiger partial charge in [0, 0.05) is 0 Å². The Morgan fingerprint density at radius 2 is 2.23 bits per heavy atom. The normalized spacial score (nSPS) is 10.1. The van der Waals surface area contributed by atoms with Gasteiger partial charge in [0.15, 0.2) is 11.6 Å². The molecule has 13 heavy (non-hydrogen) atoms. The number of benzene rings is 1. The lowest BCUT2D eigenvalue weighted by Crippen LogP contribution is -2.00. The second-order valence-corrected chi connectivity index (χ2v) is 3.33. The third-order valence-corrected chi connectivity index (χ3v) is 2.08. The summed E-state index contributed by atoms with van der Waals surface area (Å²) in [5.74, 6) is 0.420. The molecule has 0 radical (unpaired) electrons. The first-order chi connectivity index (χ1) is 6.25. The summed E-state index contributed by atoms with van der Waals surface area (Å²) in [6, 6.07) is 4.46. The van der Waals surface area contributed by atoms with Crippen molar-refractivity contribution in [3.05, 3.63) is 29.0 Å². The molecule has 0 unspecified atom stereocenters. The van der Waals surface area contributed by atoms with Crippen LogP contribution in [0.2, 0.25) is 5.02 Å². The Morgan fingerprint density at radius 1 is 1.46 bits per heavy atom. The van der Waals surface area contributed by atoms with E-state index in [4.69, 9.17) is 16.3 Å². The Bertz CT molecular complexity index is 260. The molecular formula is C9H10ClFOS. The van der Waals surface area contributed by atoms with Gasteiger partial charge >= 0.3 is 0 Å². The zero-order valence-corrected chi connectivity index (χ0v) is 8.62. The van der Waals surface area contributed by atoms with Crippen molar-refractivity contribution in [1.29, 1.82) is 0 Å². The Morgan fingerprint density at radius 3 is 2.85 bits per heavy atom. The summed E-state index contributed by atoms with van der Waals surface area (Å²) >= 11 is 9.74. The highest BCUT2D eigenvalue weighted by Crippen LogP contribution is 2.27. The number of thiol groups is 1. The molecule has 0 aromatic heterocycles. The van der Waals surface area contributed by atoms with Crippen molar-refractivity contribution in [2.45, 2.75) is 6.42 Å². The van der Waals surface area contributed by atoms with Crippen LogP contribution >= 0.6 is 24.2 Å². The van der Waals surface area contributed by atoms with Gasteiger partial charge in [0.1, 0.15) is 0 Å². The highest BCUT2D eigenvalue weighted by Gasteiger charge is 2.06. The molecule has 0 aliphatic carbocycles. The predicted molar refractivity (Wildman–Crippen MR) is 55.4 cm³/mol. The van der Waals surface area contributed by atoms with Gasteiger partial charge in [-0.25, -0.2) is 4.39 Å². The molecule has 0 bridgehead atoms. The van der Waals surface area contributed by atoms with Gasteiger partial charge in [-0.15, -0.1) is 0 Å². The lowest BCUT2D eigenvalue weighted by atomic mass is 10.3. The lowest BCUT2D eigenvalue weighted by Gasteiger charge is -2.07. The third kappa shape index (κ3) is 3.08. The van der Waals surface area contributed by atoms with Crippen LogP contribution in [0.25, 0.3) is 0 Å². The summed E-state index contributed by atoms with van der Waals surface area (Å²) < 4.78 is 18.2. The van der Waals surface area contributed by atoms with Crippen LogP contribution in [0.15, 0.2) is 18.2 Å². The van der Waals surface area contributed by atoms with E-state index in [1.807, 2.05) is 0 Å². The van der Waals surface area contributed by atoms with Crippen molar-refractivity contribution in [2.75, 3.05) is 12.4 Å². The molecule has 0 amide bonds. The minimum absolute atomic E-state index is 0.131. The number of ether oxygens (including phenoxy) is 1.